The molecule has 1 rings (SSSR count). The number of hydrogen-bond donors (Lipinski definition) is 3. The highest BCUT2D eigenvalue weighted by atomic mass is 16.3. The van der Waals surface area contributed by atoms with Gasteiger partial charge in [-0.25, -0.2) is 0 Å². The van der Waals surface area contributed by atoms with Gasteiger partial charge in [0.15, 0.2) is 0 Å². The van der Waals surface area contributed by atoms with E-state index in [4.69, 9.17) is 5.11 Å². The monoisotopic (exact) mass is 278 g/mol. The molecule has 3 N–H and O–H groups in total. The Bertz CT molecular complexity index is 440. The van der Waals surface area contributed by atoms with Gasteiger partial charge in [0, 0.05) is 11.7 Å². The van der Waals surface area contributed by atoms with Gasteiger partial charge in [0.2, 0.25) is 5.91 Å². The molecule has 0 saturated heterocycles. The second-order valence-corrected chi connectivity index (χ2v) is 5.41. The first-order valence-electron chi connectivity index (χ1n) is 7.23. The number of para-hydroxylation sites is 1. The lowest BCUT2D eigenvalue weighted by atomic mass is 9.98. The van der Waals surface area contributed by atoms with E-state index in [0.29, 0.717) is 5.92 Å². The predicted molar refractivity (Wildman–Crippen MR) is 83.1 cm³/mol. The number of anilines is 1. The van der Waals surface area contributed by atoms with E-state index in [1.54, 1.807) is 0 Å². The van der Waals surface area contributed by atoms with Crippen LogP contribution >= 0.6 is 0 Å². The van der Waals surface area contributed by atoms with Crippen molar-refractivity contribution in [2.75, 3.05) is 18.5 Å². The Morgan fingerprint density at radius 2 is 2.05 bits per heavy atom. The molecular formula is C16H26N2O2. The van der Waals surface area contributed by atoms with Gasteiger partial charge in [0.05, 0.1) is 13.2 Å². The maximum atomic E-state index is 12.0. The fourth-order valence-corrected chi connectivity index (χ4v) is 2.10. The first-order chi connectivity index (χ1) is 9.49. The number of rotatable bonds is 7. The van der Waals surface area contributed by atoms with Gasteiger partial charge in [-0.05, 0) is 30.4 Å². The number of aliphatic hydroxyl groups is 1. The van der Waals surface area contributed by atoms with Crippen LogP contribution in [0.5, 0.6) is 0 Å². The normalized spacial score (nSPS) is 12.5. The summed E-state index contributed by atoms with van der Waals surface area (Å²) in [6, 6.07) is 6.03. The van der Waals surface area contributed by atoms with Gasteiger partial charge in [0.1, 0.15) is 0 Å². The van der Waals surface area contributed by atoms with Crippen LogP contribution in [0.25, 0.3) is 0 Å². The van der Waals surface area contributed by atoms with Gasteiger partial charge in [-0.1, -0.05) is 39.0 Å². The predicted octanol–water partition coefficient (Wildman–Crippen LogP) is 2.42. The maximum Gasteiger partial charge on any atom is 0.238 e. The zero-order chi connectivity index (χ0) is 15.1. The lowest BCUT2D eigenvalue weighted by molar-refractivity contribution is -0.115. The molecule has 1 aromatic rings. The lowest BCUT2D eigenvalue weighted by Gasteiger charge is -2.18. The summed E-state index contributed by atoms with van der Waals surface area (Å²) in [5, 5.41) is 15.1. The third kappa shape index (κ3) is 4.62. The second kappa shape index (κ2) is 8.02. The molecule has 0 spiro atoms. The third-order valence-corrected chi connectivity index (χ3v) is 3.46. The van der Waals surface area contributed by atoms with E-state index in [1.165, 1.54) is 0 Å². The Hall–Kier alpha value is -1.39. The van der Waals surface area contributed by atoms with Crippen molar-refractivity contribution in [2.24, 2.45) is 0 Å². The Labute approximate surface area is 121 Å². The summed E-state index contributed by atoms with van der Waals surface area (Å²) >= 11 is 0. The van der Waals surface area contributed by atoms with E-state index < -0.39 is 0 Å². The summed E-state index contributed by atoms with van der Waals surface area (Å²) in [6.45, 7) is 8.46. The molecule has 1 aromatic carbocycles. The minimum Gasteiger partial charge on any atom is -0.395 e. The van der Waals surface area contributed by atoms with Crippen molar-refractivity contribution in [3.63, 3.8) is 0 Å². The molecule has 1 amide bonds. The van der Waals surface area contributed by atoms with Crippen molar-refractivity contribution < 1.29 is 9.90 Å². The molecule has 0 aliphatic rings. The molecule has 0 radical (unpaired) electrons. The van der Waals surface area contributed by atoms with Crippen LogP contribution in [0.15, 0.2) is 18.2 Å². The Balaban J connectivity index is 2.71. The van der Waals surface area contributed by atoms with Crippen LogP contribution in [0, 0.1) is 6.92 Å². The van der Waals surface area contributed by atoms with E-state index in [2.05, 4.69) is 24.5 Å². The van der Waals surface area contributed by atoms with Crippen molar-refractivity contribution in [1.82, 2.24) is 5.32 Å². The van der Waals surface area contributed by atoms with Crippen LogP contribution in [0.4, 0.5) is 5.69 Å². The highest BCUT2D eigenvalue weighted by molar-refractivity contribution is 5.93. The molecule has 0 aromatic heterocycles. The largest absolute Gasteiger partial charge is 0.395 e. The summed E-state index contributed by atoms with van der Waals surface area (Å²) in [4.78, 5) is 12.0. The highest BCUT2D eigenvalue weighted by Crippen LogP contribution is 2.27. The summed E-state index contributed by atoms with van der Waals surface area (Å²) in [6.07, 6.45) is 0.797. The topological polar surface area (TPSA) is 61.4 Å². The average molecular weight is 278 g/mol. The standard InChI is InChI=1S/C16H26N2O2/c1-5-13(10-19)17-9-15(20)18-16-12(4)7-6-8-14(16)11(2)3/h6-8,11,13,17,19H,5,9-10H2,1-4H3,(H,18,20). The molecule has 0 bridgehead atoms. The van der Waals surface area contributed by atoms with Crippen LogP contribution in [0.3, 0.4) is 0 Å². The minimum absolute atomic E-state index is 0.0258. The molecule has 0 heterocycles. The zero-order valence-corrected chi connectivity index (χ0v) is 12.9. The number of aryl methyl sites for hydroxylation is 1. The Kier molecular flexibility index (Phi) is 6.68. The number of carbonyl (C=O) groups excluding carboxylic acids is 1. The molecule has 20 heavy (non-hydrogen) atoms. The van der Waals surface area contributed by atoms with E-state index in [0.717, 1.165) is 23.2 Å². The number of carbonyl (C=O) groups is 1. The van der Waals surface area contributed by atoms with Gasteiger partial charge < -0.3 is 15.7 Å². The minimum atomic E-state index is -0.0758. The van der Waals surface area contributed by atoms with Crippen molar-refractivity contribution in [3.8, 4) is 0 Å². The van der Waals surface area contributed by atoms with Crippen molar-refractivity contribution in [1.29, 1.82) is 0 Å². The number of benzene rings is 1. The lowest BCUT2D eigenvalue weighted by Crippen LogP contribution is -2.38. The van der Waals surface area contributed by atoms with Gasteiger partial charge in [-0.3, -0.25) is 4.79 Å². The van der Waals surface area contributed by atoms with Crippen LogP contribution in [0.2, 0.25) is 0 Å². The van der Waals surface area contributed by atoms with Gasteiger partial charge >= 0.3 is 0 Å². The van der Waals surface area contributed by atoms with E-state index in [-0.39, 0.29) is 25.1 Å². The zero-order valence-electron chi connectivity index (χ0n) is 12.9. The molecule has 1 unspecified atom stereocenters. The maximum absolute atomic E-state index is 12.0. The van der Waals surface area contributed by atoms with Gasteiger partial charge in [0.25, 0.3) is 0 Å². The van der Waals surface area contributed by atoms with Gasteiger partial charge in [-0.15, -0.1) is 0 Å². The van der Waals surface area contributed by atoms with Crippen LogP contribution in [-0.4, -0.2) is 30.2 Å². The molecule has 1 atom stereocenters. The molecule has 0 saturated carbocycles. The molecule has 0 fully saturated rings. The molecule has 4 heteroatoms. The summed E-state index contributed by atoms with van der Waals surface area (Å²) in [7, 11) is 0. The number of nitrogens with one attached hydrogen (secondary N) is 2. The van der Waals surface area contributed by atoms with E-state index in [9.17, 15) is 4.79 Å². The summed E-state index contributed by atoms with van der Waals surface area (Å²) in [5.74, 6) is 0.284. The number of amides is 1. The van der Waals surface area contributed by atoms with E-state index >= 15 is 0 Å². The number of aliphatic hydroxyl groups excluding tert-OH is 1. The quantitative estimate of drug-likeness (QED) is 0.718. The Morgan fingerprint density at radius 3 is 2.60 bits per heavy atom. The van der Waals surface area contributed by atoms with Crippen molar-refractivity contribution in [2.45, 2.75) is 46.1 Å². The van der Waals surface area contributed by atoms with Crippen molar-refractivity contribution >= 4 is 11.6 Å². The Morgan fingerprint density at radius 1 is 1.35 bits per heavy atom. The molecule has 4 nitrogen and oxygen atoms in total. The van der Waals surface area contributed by atoms with Crippen LogP contribution in [-0.2, 0) is 4.79 Å². The molecular weight excluding hydrogens is 252 g/mol. The number of hydrogen-bond acceptors (Lipinski definition) is 3. The average Bonchev–Trinajstić information content (AvgIpc) is 2.42. The fourth-order valence-electron chi connectivity index (χ4n) is 2.10. The van der Waals surface area contributed by atoms with Crippen LogP contribution < -0.4 is 10.6 Å². The fraction of sp³-hybridized carbons (Fsp3) is 0.562. The summed E-state index contributed by atoms with van der Waals surface area (Å²) < 4.78 is 0. The van der Waals surface area contributed by atoms with Crippen molar-refractivity contribution in [3.05, 3.63) is 29.3 Å². The second-order valence-electron chi connectivity index (χ2n) is 5.41. The molecule has 112 valence electrons. The highest BCUT2D eigenvalue weighted by Gasteiger charge is 2.13. The molecule has 0 aliphatic heterocycles. The third-order valence-electron chi connectivity index (χ3n) is 3.46. The van der Waals surface area contributed by atoms with E-state index in [1.807, 2.05) is 32.0 Å². The SMILES string of the molecule is CCC(CO)NCC(=O)Nc1c(C)cccc1C(C)C. The summed E-state index contributed by atoms with van der Waals surface area (Å²) in [5.41, 5.74) is 3.12. The van der Waals surface area contributed by atoms with Gasteiger partial charge in [-0.2, -0.15) is 0 Å². The molecule has 0 aliphatic carbocycles. The smallest absolute Gasteiger partial charge is 0.238 e. The first kappa shape index (κ1) is 16.7. The van der Waals surface area contributed by atoms with Crippen LogP contribution in [0.1, 0.15) is 44.2 Å². The first-order valence-corrected chi connectivity index (χ1v) is 7.23.